The van der Waals surface area contributed by atoms with Gasteiger partial charge in [-0.2, -0.15) is 0 Å². The van der Waals surface area contributed by atoms with Crippen LogP contribution in [0, 0.1) is 0 Å². The minimum Gasteiger partial charge on any atom is -0.376 e. The first-order chi connectivity index (χ1) is 7.95. The molecule has 0 saturated carbocycles. The van der Waals surface area contributed by atoms with E-state index in [0.717, 1.165) is 39.3 Å². The normalized spacial score (nSPS) is 21.1. The zero-order valence-electron chi connectivity index (χ0n) is 9.47. The van der Waals surface area contributed by atoms with Crippen LogP contribution in [0.2, 0.25) is 0 Å². The Bertz CT molecular complexity index is 271. The molecule has 16 heavy (non-hydrogen) atoms. The molecule has 1 atom stereocenters. The average Bonchev–Trinajstić information content (AvgIpc) is 2.83. The van der Waals surface area contributed by atoms with E-state index in [9.17, 15) is 0 Å². The Kier molecular flexibility index (Phi) is 4.79. The first-order valence-electron chi connectivity index (χ1n) is 5.81. The fourth-order valence-corrected chi connectivity index (χ4v) is 1.72. The maximum atomic E-state index is 5.53. The Hall–Kier alpha value is -0.910. The molecule has 1 aromatic heterocycles. The Morgan fingerprint density at radius 2 is 2.44 bits per heavy atom. The van der Waals surface area contributed by atoms with Gasteiger partial charge in [0.05, 0.1) is 32.3 Å². The van der Waals surface area contributed by atoms with Gasteiger partial charge in [0.15, 0.2) is 0 Å². The van der Waals surface area contributed by atoms with Gasteiger partial charge in [0, 0.05) is 25.5 Å². The van der Waals surface area contributed by atoms with Crippen molar-refractivity contribution in [1.29, 1.82) is 0 Å². The van der Waals surface area contributed by atoms with E-state index in [4.69, 9.17) is 9.47 Å². The minimum atomic E-state index is 0.224. The van der Waals surface area contributed by atoms with Gasteiger partial charge < -0.3 is 19.4 Å². The molecular formula is C11H19N3O2. The van der Waals surface area contributed by atoms with Crippen molar-refractivity contribution in [2.24, 2.45) is 0 Å². The summed E-state index contributed by atoms with van der Waals surface area (Å²) in [6, 6.07) is 0. The van der Waals surface area contributed by atoms with E-state index in [-0.39, 0.29) is 6.10 Å². The van der Waals surface area contributed by atoms with E-state index >= 15 is 0 Å². The lowest BCUT2D eigenvalue weighted by Crippen LogP contribution is -2.37. The number of hydrogen-bond donors (Lipinski definition) is 1. The largest absolute Gasteiger partial charge is 0.376 e. The molecule has 90 valence electrons. The lowest BCUT2D eigenvalue weighted by molar-refractivity contribution is -0.0863. The van der Waals surface area contributed by atoms with Gasteiger partial charge in [-0.05, 0) is 13.0 Å². The molecule has 2 rings (SSSR count). The molecule has 0 aromatic carbocycles. The molecule has 0 spiro atoms. The van der Waals surface area contributed by atoms with Gasteiger partial charge >= 0.3 is 0 Å². The number of hydrogen-bond acceptors (Lipinski definition) is 4. The first kappa shape index (κ1) is 11.6. The molecule has 1 aromatic rings. The number of imidazole rings is 1. The van der Waals surface area contributed by atoms with Gasteiger partial charge in [-0.3, -0.25) is 0 Å². The maximum Gasteiger partial charge on any atom is 0.0945 e. The van der Waals surface area contributed by atoms with Gasteiger partial charge in [0.2, 0.25) is 0 Å². The smallest absolute Gasteiger partial charge is 0.0945 e. The summed E-state index contributed by atoms with van der Waals surface area (Å²) in [4.78, 5) is 4.00. The predicted molar refractivity (Wildman–Crippen MR) is 60.3 cm³/mol. The second kappa shape index (κ2) is 6.62. The first-order valence-corrected chi connectivity index (χ1v) is 5.81. The number of aryl methyl sites for hydroxylation is 1. The topological polar surface area (TPSA) is 48.3 Å². The molecule has 1 N–H and O–H groups in total. The van der Waals surface area contributed by atoms with Crippen LogP contribution in [-0.4, -0.2) is 48.6 Å². The molecule has 1 aliphatic heterocycles. The van der Waals surface area contributed by atoms with Crippen molar-refractivity contribution in [2.45, 2.75) is 19.1 Å². The summed E-state index contributed by atoms with van der Waals surface area (Å²) in [5.74, 6) is 0. The number of ether oxygens (including phenoxy) is 2. The van der Waals surface area contributed by atoms with Crippen LogP contribution in [0.5, 0.6) is 0 Å². The molecule has 1 fully saturated rings. The highest BCUT2D eigenvalue weighted by atomic mass is 16.6. The zero-order valence-corrected chi connectivity index (χ0v) is 9.47. The van der Waals surface area contributed by atoms with Gasteiger partial charge in [0.25, 0.3) is 0 Å². The number of rotatable bonds is 6. The van der Waals surface area contributed by atoms with Crippen molar-refractivity contribution in [3.8, 4) is 0 Å². The summed E-state index contributed by atoms with van der Waals surface area (Å²) in [6.07, 6.45) is 6.96. The van der Waals surface area contributed by atoms with E-state index in [1.54, 1.807) is 6.20 Å². The van der Waals surface area contributed by atoms with Crippen molar-refractivity contribution in [3.05, 3.63) is 18.7 Å². The number of nitrogens with zero attached hydrogens (tertiary/aromatic N) is 2. The molecule has 5 nitrogen and oxygen atoms in total. The average molecular weight is 225 g/mol. The third kappa shape index (κ3) is 3.92. The summed E-state index contributed by atoms with van der Waals surface area (Å²) in [7, 11) is 0. The highest BCUT2D eigenvalue weighted by molar-refractivity contribution is 4.74. The van der Waals surface area contributed by atoms with Gasteiger partial charge in [-0.25, -0.2) is 4.98 Å². The second-order valence-corrected chi connectivity index (χ2v) is 3.93. The molecule has 0 amide bonds. The Morgan fingerprint density at radius 1 is 1.44 bits per heavy atom. The van der Waals surface area contributed by atoms with Crippen molar-refractivity contribution >= 4 is 0 Å². The van der Waals surface area contributed by atoms with Gasteiger partial charge in [0.1, 0.15) is 0 Å². The quantitative estimate of drug-likeness (QED) is 0.706. The van der Waals surface area contributed by atoms with E-state index in [2.05, 4.69) is 14.9 Å². The van der Waals surface area contributed by atoms with E-state index in [1.807, 2.05) is 12.5 Å². The van der Waals surface area contributed by atoms with Crippen LogP contribution in [0.1, 0.15) is 6.42 Å². The Balaban J connectivity index is 1.48. The van der Waals surface area contributed by atoms with Crippen molar-refractivity contribution in [3.63, 3.8) is 0 Å². The monoisotopic (exact) mass is 225 g/mol. The van der Waals surface area contributed by atoms with Crippen molar-refractivity contribution in [2.75, 3.05) is 32.9 Å². The lowest BCUT2D eigenvalue weighted by atomic mass is 10.3. The molecule has 1 aliphatic rings. The molecule has 0 aliphatic carbocycles. The summed E-state index contributed by atoms with van der Waals surface area (Å²) in [6.45, 7) is 5.06. The Morgan fingerprint density at radius 3 is 3.19 bits per heavy atom. The molecule has 1 saturated heterocycles. The molecule has 5 heteroatoms. The van der Waals surface area contributed by atoms with Crippen molar-refractivity contribution in [1.82, 2.24) is 14.9 Å². The predicted octanol–water partition coefficient (Wildman–Crippen LogP) is 0.278. The summed E-state index contributed by atoms with van der Waals surface area (Å²) in [5.41, 5.74) is 0. The second-order valence-electron chi connectivity index (χ2n) is 3.93. The number of nitrogens with one attached hydrogen (secondary N) is 1. The zero-order chi connectivity index (χ0) is 11.1. The van der Waals surface area contributed by atoms with E-state index < -0.39 is 0 Å². The van der Waals surface area contributed by atoms with Crippen LogP contribution < -0.4 is 5.32 Å². The van der Waals surface area contributed by atoms with E-state index in [0.29, 0.717) is 6.61 Å². The molecular weight excluding hydrogens is 206 g/mol. The third-order valence-electron chi connectivity index (χ3n) is 2.59. The fourth-order valence-electron chi connectivity index (χ4n) is 1.72. The fraction of sp³-hybridized carbons (Fsp3) is 0.727. The molecule has 0 radical (unpaired) electrons. The van der Waals surface area contributed by atoms with Crippen LogP contribution in [0.25, 0.3) is 0 Å². The molecule has 0 bridgehead atoms. The number of aromatic nitrogens is 2. The van der Waals surface area contributed by atoms with Gasteiger partial charge in [-0.1, -0.05) is 0 Å². The van der Waals surface area contributed by atoms with Gasteiger partial charge in [-0.15, -0.1) is 0 Å². The Labute approximate surface area is 95.8 Å². The summed E-state index contributed by atoms with van der Waals surface area (Å²) in [5, 5.41) is 3.38. The van der Waals surface area contributed by atoms with E-state index in [1.165, 1.54) is 0 Å². The van der Waals surface area contributed by atoms with Crippen LogP contribution >= 0.6 is 0 Å². The molecule has 2 heterocycles. The highest BCUT2D eigenvalue weighted by Crippen LogP contribution is 1.98. The van der Waals surface area contributed by atoms with Crippen LogP contribution in [0.4, 0.5) is 0 Å². The highest BCUT2D eigenvalue weighted by Gasteiger charge is 2.12. The minimum absolute atomic E-state index is 0.224. The van der Waals surface area contributed by atoms with Crippen LogP contribution in [0.15, 0.2) is 18.7 Å². The third-order valence-corrected chi connectivity index (χ3v) is 2.59. The van der Waals surface area contributed by atoms with Crippen LogP contribution in [0.3, 0.4) is 0 Å². The maximum absolute atomic E-state index is 5.53. The summed E-state index contributed by atoms with van der Waals surface area (Å²) >= 11 is 0. The standard InChI is InChI=1S/C11H19N3O2/c1(4-14-5-3-13-10-14)2-12-8-11-9-15-6-7-16-11/h3,5,10-12H,1-2,4,6-9H2. The summed E-state index contributed by atoms with van der Waals surface area (Å²) < 4.78 is 12.9. The van der Waals surface area contributed by atoms with Crippen molar-refractivity contribution < 1.29 is 9.47 Å². The molecule has 1 unspecified atom stereocenters. The lowest BCUT2D eigenvalue weighted by Gasteiger charge is -2.23. The van der Waals surface area contributed by atoms with Crippen LogP contribution in [-0.2, 0) is 16.0 Å². The SMILES string of the molecule is c1cn(CCCNCC2COCCO2)cn1.